The van der Waals surface area contributed by atoms with Gasteiger partial charge in [-0.3, -0.25) is 0 Å². The van der Waals surface area contributed by atoms with E-state index in [4.69, 9.17) is 19.2 Å². The minimum Gasteiger partial charge on any atom is -0.822 e. The number of quaternary nitrogens is 3. The average molecular weight is 456 g/mol. The standard InChI is InChI=1S/3C5H13NS.H3O4P/c3*1-6(2,3)4-5-7;1-5(2,3)4/h3*4-5H2,1-3H3;(H3,1,2,3,4). The Morgan fingerprint density at radius 3 is 0.692 bits per heavy atom. The largest absolute Gasteiger partial charge is 0.822 e. The third-order valence-electron chi connectivity index (χ3n) is 2.31. The molecule has 0 aromatic carbocycles. The SMILES string of the molecule is C[N+](C)(C)CCS.C[N+](C)(C)CCS.C[N+](C)(C)CCS.O=P([O-])([O-])[O-]. The van der Waals surface area contributed by atoms with Crippen molar-refractivity contribution in [1.82, 2.24) is 0 Å². The Morgan fingerprint density at radius 2 is 0.692 bits per heavy atom. The Bertz CT molecular complexity index is 305. The molecule has 26 heavy (non-hydrogen) atoms. The van der Waals surface area contributed by atoms with Crippen molar-refractivity contribution >= 4 is 45.7 Å². The summed E-state index contributed by atoms with van der Waals surface area (Å²) < 4.78 is 11.6. The molecular formula is C15H42N3O4PS3. The molecule has 0 aliphatic heterocycles. The van der Waals surface area contributed by atoms with Crippen LogP contribution in [0.25, 0.3) is 0 Å². The molecule has 0 atom stereocenters. The van der Waals surface area contributed by atoms with Gasteiger partial charge in [-0.2, -0.15) is 45.7 Å². The van der Waals surface area contributed by atoms with Crippen molar-refractivity contribution in [2.24, 2.45) is 0 Å². The predicted molar refractivity (Wildman–Crippen MR) is 118 cm³/mol. The van der Waals surface area contributed by atoms with Crippen molar-refractivity contribution in [2.45, 2.75) is 0 Å². The number of nitrogens with zero attached hydrogens (tertiary/aromatic N) is 3. The van der Waals surface area contributed by atoms with E-state index in [0.29, 0.717) is 0 Å². The van der Waals surface area contributed by atoms with E-state index in [1.165, 1.54) is 0 Å². The molecule has 0 N–H and O–H groups in total. The van der Waals surface area contributed by atoms with Crippen molar-refractivity contribution in [3.8, 4) is 0 Å². The second-order valence-corrected chi connectivity index (χ2v) is 10.9. The second kappa shape index (κ2) is 16.9. The molecule has 0 unspecified atom stereocenters. The fourth-order valence-electron chi connectivity index (χ4n) is 0.900. The van der Waals surface area contributed by atoms with Crippen molar-refractivity contribution in [1.29, 1.82) is 0 Å². The summed E-state index contributed by atoms with van der Waals surface area (Å²) in [4.78, 5) is 25.6. The molecule has 11 heteroatoms. The molecule has 0 amide bonds. The molecular weight excluding hydrogens is 413 g/mol. The van der Waals surface area contributed by atoms with E-state index in [9.17, 15) is 0 Å². The minimum absolute atomic E-state index is 0.976. The lowest BCUT2D eigenvalue weighted by atomic mass is 10.6. The summed E-state index contributed by atoms with van der Waals surface area (Å²) in [6.07, 6.45) is 0. The molecule has 0 aliphatic rings. The molecule has 0 radical (unpaired) electrons. The van der Waals surface area contributed by atoms with Crippen LogP contribution in [-0.4, -0.2) is 114 Å². The van der Waals surface area contributed by atoms with Crippen LogP contribution >= 0.6 is 45.7 Å². The van der Waals surface area contributed by atoms with Gasteiger partial charge in [-0.15, -0.1) is 0 Å². The van der Waals surface area contributed by atoms with Gasteiger partial charge in [-0.25, -0.2) is 0 Å². The lowest BCUT2D eigenvalue weighted by Gasteiger charge is -2.36. The van der Waals surface area contributed by atoms with Crippen LogP contribution in [0.2, 0.25) is 0 Å². The molecule has 0 fully saturated rings. The van der Waals surface area contributed by atoms with Crippen LogP contribution in [0, 0.1) is 0 Å². The third kappa shape index (κ3) is 85.1. The van der Waals surface area contributed by atoms with Crippen LogP contribution in [0.15, 0.2) is 0 Å². The van der Waals surface area contributed by atoms with Gasteiger partial charge in [0.05, 0.1) is 83.1 Å². The molecule has 0 rings (SSSR count). The van der Waals surface area contributed by atoms with E-state index in [1.54, 1.807) is 0 Å². The summed E-state index contributed by atoms with van der Waals surface area (Å²) in [6, 6.07) is 0. The van der Waals surface area contributed by atoms with Gasteiger partial charge in [0.2, 0.25) is 0 Å². The smallest absolute Gasteiger partial charge is 0.0869 e. The van der Waals surface area contributed by atoms with Crippen LogP contribution in [0.1, 0.15) is 0 Å². The molecule has 0 saturated heterocycles. The van der Waals surface area contributed by atoms with E-state index in [1.807, 2.05) is 0 Å². The van der Waals surface area contributed by atoms with Gasteiger partial charge in [0.15, 0.2) is 0 Å². The van der Waals surface area contributed by atoms with Gasteiger partial charge in [-0.1, -0.05) is 0 Å². The highest BCUT2D eigenvalue weighted by Crippen LogP contribution is 2.03. The fourth-order valence-corrected chi connectivity index (χ4v) is 2.70. The lowest BCUT2D eigenvalue weighted by molar-refractivity contribution is -0.867. The predicted octanol–water partition coefficient (Wildman–Crippen LogP) is -0.957. The van der Waals surface area contributed by atoms with Crippen molar-refractivity contribution in [2.75, 3.05) is 100 Å². The zero-order valence-corrected chi connectivity index (χ0v) is 21.6. The van der Waals surface area contributed by atoms with Crippen molar-refractivity contribution < 1.29 is 32.7 Å². The summed E-state index contributed by atoms with van der Waals surface area (Å²) in [5.41, 5.74) is 0. The molecule has 0 heterocycles. The van der Waals surface area contributed by atoms with Gasteiger partial charge in [0.1, 0.15) is 0 Å². The number of rotatable bonds is 6. The summed E-state index contributed by atoms with van der Waals surface area (Å²) in [6.45, 7) is 3.43. The zero-order chi connectivity index (χ0) is 22.2. The van der Waals surface area contributed by atoms with Crippen LogP contribution in [0.3, 0.4) is 0 Å². The van der Waals surface area contributed by atoms with E-state index < -0.39 is 7.82 Å². The molecule has 0 bridgehead atoms. The van der Waals surface area contributed by atoms with Gasteiger partial charge < -0.3 is 32.7 Å². The molecule has 0 aromatic rings. The molecule has 0 spiro atoms. The first-order chi connectivity index (χ1) is 11.2. The Hall–Kier alpha value is 1.04. The fraction of sp³-hybridized carbons (Fsp3) is 1.00. The number of hydrogen-bond acceptors (Lipinski definition) is 7. The van der Waals surface area contributed by atoms with E-state index >= 15 is 0 Å². The summed E-state index contributed by atoms with van der Waals surface area (Å²) in [5, 5.41) is 0. The van der Waals surface area contributed by atoms with Crippen LogP contribution in [0.4, 0.5) is 0 Å². The second-order valence-electron chi connectivity index (χ2n) is 8.66. The monoisotopic (exact) mass is 455 g/mol. The highest BCUT2D eigenvalue weighted by Gasteiger charge is 2.02. The maximum Gasteiger partial charge on any atom is 0.0869 e. The molecule has 0 saturated carbocycles. The summed E-state index contributed by atoms with van der Waals surface area (Å²) in [5.74, 6) is 2.93. The van der Waals surface area contributed by atoms with Crippen molar-refractivity contribution in [3.05, 3.63) is 0 Å². The van der Waals surface area contributed by atoms with Crippen LogP contribution in [0.5, 0.6) is 0 Å². The van der Waals surface area contributed by atoms with Crippen molar-refractivity contribution in [3.63, 3.8) is 0 Å². The topological polar surface area (TPSA) is 86.2 Å². The lowest BCUT2D eigenvalue weighted by Crippen LogP contribution is -2.36. The molecule has 0 aliphatic carbocycles. The average Bonchev–Trinajstić information content (AvgIpc) is 2.22. The maximum absolute atomic E-state index is 8.55. The maximum atomic E-state index is 8.55. The highest BCUT2D eigenvalue weighted by atomic mass is 32.1. The quantitative estimate of drug-likeness (QED) is 0.274. The summed E-state index contributed by atoms with van der Waals surface area (Å²) in [7, 11) is 14.1. The Labute approximate surface area is 178 Å². The zero-order valence-electron chi connectivity index (χ0n) is 18.0. The molecule has 0 aromatic heterocycles. The molecule has 164 valence electrons. The molecule has 7 nitrogen and oxygen atoms in total. The third-order valence-corrected chi connectivity index (χ3v) is 2.91. The summed E-state index contributed by atoms with van der Waals surface area (Å²) >= 11 is 12.3. The number of thiol groups is 3. The van der Waals surface area contributed by atoms with Crippen LogP contribution in [-0.2, 0) is 4.57 Å². The van der Waals surface area contributed by atoms with Crippen LogP contribution < -0.4 is 14.7 Å². The van der Waals surface area contributed by atoms with Gasteiger partial charge in [0, 0.05) is 17.3 Å². The van der Waals surface area contributed by atoms with Gasteiger partial charge in [-0.05, 0) is 0 Å². The van der Waals surface area contributed by atoms with Gasteiger partial charge >= 0.3 is 0 Å². The Balaban J connectivity index is -0.000000125. The minimum atomic E-state index is -5.39. The Morgan fingerprint density at radius 1 is 0.577 bits per heavy atom. The van der Waals surface area contributed by atoms with Gasteiger partial charge in [0.25, 0.3) is 0 Å². The number of phosphoric acid groups is 1. The normalized spacial score (nSPS) is 12.0. The van der Waals surface area contributed by atoms with E-state index in [2.05, 4.69) is 101 Å². The first-order valence-corrected chi connectivity index (χ1v) is 11.5. The first kappa shape index (κ1) is 34.5. The van der Waals surface area contributed by atoms with E-state index in [0.717, 1.165) is 50.3 Å². The van der Waals surface area contributed by atoms with E-state index in [-0.39, 0.29) is 0 Å². The first-order valence-electron chi connectivity index (χ1n) is 8.15. The Kier molecular flexibility index (Phi) is 22.5. The number of hydrogen-bond donors (Lipinski definition) is 3. The highest BCUT2D eigenvalue weighted by molar-refractivity contribution is 7.80.